The third kappa shape index (κ3) is 3.89. The molecule has 1 aromatic heterocycles. The van der Waals surface area contributed by atoms with Gasteiger partial charge in [0.1, 0.15) is 5.69 Å². The van der Waals surface area contributed by atoms with Crippen LogP contribution in [-0.2, 0) is 4.79 Å². The lowest BCUT2D eigenvalue weighted by atomic mass is 10.1. The maximum atomic E-state index is 12.3. The number of carbonyl (C=O) groups excluding carboxylic acids is 1. The van der Waals surface area contributed by atoms with Gasteiger partial charge in [0.05, 0.1) is 11.7 Å². The predicted molar refractivity (Wildman–Crippen MR) is 101 cm³/mol. The summed E-state index contributed by atoms with van der Waals surface area (Å²) in [6, 6.07) is 14.4. The normalized spacial score (nSPS) is 12.0. The Hall–Kier alpha value is -1.61. The Morgan fingerprint density at radius 3 is 2.21 bits per heavy atom. The quantitative estimate of drug-likeness (QED) is 0.594. The van der Waals surface area contributed by atoms with Crippen LogP contribution in [0, 0.1) is 0 Å². The first-order valence-electron chi connectivity index (χ1n) is 6.87. The summed E-state index contributed by atoms with van der Waals surface area (Å²) < 4.78 is 10.2. The number of aromatic nitrogens is 2. The molecular formula is C16H11Br2N3O2S. The number of aliphatic hydroxyl groups excluding tert-OH is 1. The van der Waals surface area contributed by atoms with Crippen LogP contribution in [0.5, 0.6) is 0 Å². The SMILES string of the molecule is O=C(Nc1nsnc1-c1ccc(Br)cc1)C(O)c1ccc(Br)cc1. The molecule has 0 saturated heterocycles. The number of halogens is 2. The van der Waals surface area contributed by atoms with Gasteiger partial charge in [0.15, 0.2) is 11.9 Å². The van der Waals surface area contributed by atoms with Crippen LogP contribution in [0.2, 0.25) is 0 Å². The van der Waals surface area contributed by atoms with E-state index in [9.17, 15) is 9.90 Å². The van der Waals surface area contributed by atoms with E-state index in [4.69, 9.17) is 0 Å². The second-order valence-electron chi connectivity index (χ2n) is 4.91. The van der Waals surface area contributed by atoms with E-state index in [2.05, 4.69) is 45.9 Å². The summed E-state index contributed by atoms with van der Waals surface area (Å²) in [5.74, 6) is -0.216. The molecular weight excluding hydrogens is 458 g/mol. The molecule has 0 spiro atoms. The molecule has 0 bridgehead atoms. The van der Waals surface area contributed by atoms with Crippen molar-refractivity contribution >= 4 is 55.3 Å². The minimum absolute atomic E-state index is 0.337. The van der Waals surface area contributed by atoms with E-state index in [1.165, 1.54) is 0 Å². The lowest BCUT2D eigenvalue weighted by molar-refractivity contribution is -0.124. The number of carbonyl (C=O) groups is 1. The molecule has 2 N–H and O–H groups in total. The van der Waals surface area contributed by atoms with E-state index >= 15 is 0 Å². The second kappa shape index (κ2) is 7.52. The van der Waals surface area contributed by atoms with Crippen LogP contribution in [0.1, 0.15) is 11.7 Å². The number of nitrogens with one attached hydrogen (secondary N) is 1. The maximum absolute atomic E-state index is 12.3. The zero-order valence-corrected chi connectivity index (χ0v) is 16.1. The van der Waals surface area contributed by atoms with Crippen molar-refractivity contribution in [3.8, 4) is 11.3 Å². The van der Waals surface area contributed by atoms with E-state index in [1.54, 1.807) is 24.3 Å². The molecule has 0 aliphatic rings. The van der Waals surface area contributed by atoms with Gasteiger partial charge in [-0.2, -0.15) is 8.75 Å². The fourth-order valence-electron chi connectivity index (χ4n) is 2.05. The summed E-state index contributed by atoms with van der Waals surface area (Å²) >= 11 is 7.70. The van der Waals surface area contributed by atoms with Crippen LogP contribution < -0.4 is 5.32 Å². The Balaban J connectivity index is 1.79. The van der Waals surface area contributed by atoms with E-state index in [-0.39, 0.29) is 0 Å². The number of aliphatic hydroxyl groups is 1. The van der Waals surface area contributed by atoms with Gasteiger partial charge in [0, 0.05) is 14.5 Å². The fraction of sp³-hybridized carbons (Fsp3) is 0.0625. The molecule has 0 saturated carbocycles. The molecule has 1 heterocycles. The highest BCUT2D eigenvalue weighted by molar-refractivity contribution is 9.10. The monoisotopic (exact) mass is 467 g/mol. The van der Waals surface area contributed by atoms with Crippen molar-refractivity contribution in [2.45, 2.75) is 6.10 Å². The molecule has 1 unspecified atom stereocenters. The van der Waals surface area contributed by atoms with Gasteiger partial charge in [-0.15, -0.1) is 0 Å². The van der Waals surface area contributed by atoms with Gasteiger partial charge in [-0.05, 0) is 29.8 Å². The Morgan fingerprint density at radius 1 is 1.00 bits per heavy atom. The number of nitrogens with zero attached hydrogens (tertiary/aromatic N) is 2. The Labute approximate surface area is 159 Å². The summed E-state index contributed by atoms with van der Waals surface area (Å²) in [5, 5.41) is 12.8. The molecule has 0 aliphatic carbocycles. The molecule has 1 amide bonds. The van der Waals surface area contributed by atoms with Crippen molar-refractivity contribution in [1.82, 2.24) is 8.75 Å². The molecule has 3 rings (SSSR count). The topological polar surface area (TPSA) is 75.1 Å². The van der Waals surface area contributed by atoms with Crippen molar-refractivity contribution in [3.05, 3.63) is 63.0 Å². The minimum Gasteiger partial charge on any atom is -0.378 e. The first-order chi connectivity index (χ1) is 11.5. The first-order valence-corrected chi connectivity index (χ1v) is 9.19. The van der Waals surface area contributed by atoms with Crippen molar-refractivity contribution in [2.24, 2.45) is 0 Å². The van der Waals surface area contributed by atoms with Crippen LogP contribution >= 0.6 is 43.6 Å². The van der Waals surface area contributed by atoms with Crippen LogP contribution in [0.3, 0.4) is 0 Å². The van der Waals surface area contributed by atoms with E-state index < -0.39 is 12.0 Å². The fourth-order valence-corrected chi connectivity index (χ4v) is 3.11. The van der Waals surface area contributed by atoms with E-state index in [1.807, 2.05) is 24.3 Å². The lowest BCUT2D eigenvalue weighted by Crippen LogP contribution is -2.21. The summed E-state index contributed by atoms with van der Waals surface area (Å²) in [5.41, 5.74) is 1.91. The van der Waals surface area contributed by atoms with Crippen molar-refractivity contribution in [1.29, 1.82) is 0 Å². The third-order valence-corrected chi connectivity index (χ3v) is 4.87. The summed E-state index contributed by atoms with van der Waals surface area (Å²) in [6.07, 6.45) is -1.28. The minimum atomic E-state index is -1.28. The van der Waals surface area contributed by atoms with Crippen LogP contribution in [-0.4, -0.2) is 19.8 Å². The van der Waals surface area contributed by atoms with Gasteiger partial charge < -0.3 is 10.4 Å². The maximum Gasteiger partial charge on any atom is 0.259 e. The molecule has 0 fully saturated rings. The number of anilines is 1. The van der Waals surface area contributed by atoms with Crippen LogP contribution in [0.15, 0.2) is 57.5 Å². The molecule has 0 aliphatic heterocycles. The molecule has 24 heavy (non-hydrogen) atoms. The largest absolute Gasteiger partial charge is 0.378 e. The number of rotatable bonds is 4. The first kappa shape index (κ1) is 17.2. The standard InChI is InChI=1S/C16H11Br2N3O2S/c17-11-5-1-9(2-6-11)13-15(21-24-20-13)19-16(23)14(22)10-3-7-12(18)8-4-10/h1-8,14,22H,(H,19,21,23). The highest BCUT2D eigenvalue weighted by atomic mass is 79.9. The molecule has 0 radical (unpaired) electrons. The smallest absolute Gasteiger partial charge is 0.259 e. The third-order valence-electron chi connectivity index (χ3n) is 3.28. The summed E-state index contributed by atoms with van der Waals surface area (Å²) in [7, 11) is 0. The molecule has 2 aromatic carbocycles. The van der Waals surface area contributed by atoms with Crippen molar-refractivity contribution in [3.63, 3.8) is 0 Å². The summed E-state index contributed by atoms with van der Waals surface area (Å²) in [6.45, 7) is 0. The van der Waals surface area contributed by atoms with Crippen molar-refractivity contribution in [2.75, 3.05) is 5.32 Å². The molecule has 122 valence electrons. The van der Waals surface area contributed by atoms with Gasteiger partial charge in [-0.1, -0.05) is 56.1 Å². The Kier molecular flexibility index (Phi) is 5.40. The van der Waals surface area contributed by atoms with E-state index in [0.717, 1.165) is 26.2 Å². The lowest BCUT2D eigenvalue weighted by Gasteiger charge is -2.11. The van der Waals surface area contributed by atoms with Gasteiger partial charge in [-0.25, -0.2) is 0 Å². The second-order valence-corrected chi connectivity index (χ2v) is 7.27. The molecule has 5 nitrogen and oxygen atoms in total. The zero-order valence-electron chi connectivity index (χ0n) is 12.1. The van der Waals surface area contributed by atoms with Gasteiger partial charge in [0.2, 0.25) is 0 Å². The predicted octanol–water partition coefficient (Wildman–Crippen LogP) is 4.40. The highest BCUT2D eigenvalue weighted by Crippen LogP contribution is 2.28. The zero-order chi connectivity index (χ0) is 17.1. The Morgan fingerprint density at radius 2 is 1.58 bits per heavy atom. The Bertz CT molecular complexity index is 851. The number of hydrogen-bond donors (Lipinski definition) is 2. The highest BCUT2D eigenvalue weighted by Gasteiger charge is 2.20. The van der Waals surface area contributed by atoms with E-state index in [0.29, 0.717) is 17.1 Å². The number of amides is 1. The van der Waals surface area contributed by atoms with Gasteiger partial charge in [-0.3, -0.25) is 4.79 Å². The molecule has 3 aromatic rings. The van der Waals surface area contributed by atoms with Gasteiger partial charge in [0.25, 0.3) is 5.91 Å². The van der Waals surface area contributed by atoms with Crippen LogP contribution in [0.4, 0.5) is 5.82 Å². The number of hydrogen-bond acceptors (Lipinski definition) is 5. The molecule has 1 atom stereocenters. The van der Waals surface area contributed by atoms with Crippen LogP contribution in [0.25, 0.3) is 11.3 Å². The molecule has 8 heteroatoms. The van der Waals surface area contributed by atoms with Crippen molar-refractivity contribution < 1.29 is 9.90 Å². The number of benzene rings is 2. The average Bonchev–Trinajstić information content (AvgIpc) is 3.03. The average molecular weight is 469 g/mol. The van der Waals surface area contributed by atoms with Gasteiger partial charge >= 0.3 is 0 Å². The summed E-state index contributed by atoms with van der Waals surface area (Å²) in [4.78, 5) is 12.3.